The third-order valence-corrected chi connectivity index (χ3v) is 5.61. The highest BCUT2D eigenvalue weighted by Crippen LogP contribution is 2.37. The third-order valence-electron chi connectivity index (χ3n) is 5.61. The highest BCUT2D eigenvalue weighted by Gasteiger charge is 2.35. The Balaban J connectivity index is 1.59. The number of benzene rings is 1. The van der Waals surface area contributed by atoms with Gasteiger partial charge >= 0.3 is 0 Å². The van der Waals surface area contributed by atoms with Crippen molar-refractivity contribution in [3.8, 4) is 5.75 Å². The van der Waals surface area contributed by atoms with Gasteiger partial charge in [0.2, 0.25) is 0 Å². The molecule has 0 spiro atoms. The van der Waals surface area contributed by atoms with Crippen LogP contribution in [0.1, 0.15) is 36.1 Å². The SMILES string of the molecule is C/C=C/c1ccc(=O)n2c1[C@@H]1C[C@@H](CN(Cc3ccc(OC)cc3)C1)C2. The first-order valence-electron chi connectivity index (χ1n) is 9.39. The number of nitrogens with zero attached hydrogens (tertiary/aromatic N) is 2. The Bertz CT molecular complexity index is 867. The second kappa shape index (κ2) is 7.12. The lowest BCUT2D eigenvalue weighted by Gasteiger charge is -2.43. The summed E-state index contributed by atoms with van der Waals surface area (Å²) in [6.07, 6.45) is 5.38. The number of likely N-dealkylation sites (tertiary alicyclic amines) is 1. The van der Waals surface area contributed by atoms with E-state index in [1.54, 1.807) is 13.2 Å². The van der Waals surface area contributed by atoms with Crippen molar-refractivity contribution in [1.82, 2.24) is 9.47 Å². The van der Waals surface area contributed by atoms with Gasteiger partial charge in [-0.05, 0) is 48.6 Å². The number of hydrogen-bond acceptors (Lipinski definition) is 3. The monoisotopic (exact) mass is 350 g/mol. The average molecular weight is 350 g/mol. The van der Waals surface area contributed by atoms with Crippen LogP contribution in [0, 0.1) is 5.92 Å². The van der Waals surface area contributed by atoms with Crippen LogP contribution in [0.3, 0.4) is 0 Å². The molecule has 2 aliphatic heterocycles. The molecule has 2 atom stereocenters. The predicted octanol–water partition coefficient (Wildman–Crippen LogP) is 3.51. The van der Waals surface area contributed by atoms with Crippen LogP contribution in [0.4, 0.5) is 0 Å². The number of rotatable bonds is 4. The van der Waals surface area contributed by atoms with E-state index in [0.717, 1.165) is 31.9 Å². The zero-order chi connectivity index (χ0) is 18.1. The molecule has 0 aliphatic carbocycles. The van der Waals surface area contributed by atoms with Crippen LogP contribution in [0.25, 0.3) is 6.08 Å². The minimum absolute atomic E-state index is 0.145. The minimum atomic E-state index is 0.145. The smallest absolute Gasteiger partial charge is 0.250 e. The number of fused-ring (bicyclic) bond motifs is 4. The Morgan fingerprint density at radius 3 is 2.65 bits per heavy atom. The topological polar surface area (TPSA) is 34.5 Å². The van der Waals surface area contributed by atoms with E-state index in [4.69, 9.17) is 4.74 Å². The molecule has 3 heterocycles. The highest BCUT2D eigenvalue weighted by atomic mass is 16.5. The van der Waals surface area contributed by atoms with Crippen LogP contribution in [0.2, 0.25) is 0 Å². The highest BCUT2D eigenvalue weighted by molar-refractivity contribution is 5.53. The van der Waals surface area contributed by atoms with Gasteiger partial charge in [0.25, 0.3) is 5.56 Å². The molecule has 2 bridgehead atoms. The van der Waals surface area contributed by atoms with E-state index in [2.05, 4.69) is 29.2 Å². The van der Waals surface area contributed by atoms with E-state index in [0.29, 0.717) is 11.8 Å². The van der Waals surface area contributed by atoms with Gasteiger partial charge in [-0.2, -0.15) is 0 Å². The van der Waals surface area contributed by atoms with Crippen molar-refractivity contribution < 1.29 is 4.74 Å². The van der Waals surface area contributed by atoms with Crippen LogP contribution >= 0.6 is 0 Å². The summed E-state index contributed by atoms with van der Waals surface area (Å²) in [4.78, 5) is 14.9. The molecule has 1 fully saturated rings. The zero-order valence-electron chi connectivity index (χ0n) is 15.5. The Labute approximate surface area is 154 Å². The molecule has 0 radical (unpaired) electrons. The molecular weight excluding hydrogens is 324 g/mol. The molecule has 26 heavy (non-hydrogen) atoms. The van der Waals surface area contributed by atoms with E-state index in [1.165, 1.54) is 23.2 Å². The molecule has 4 nitrogen and oxygen atoms in total. The zero-order valence-corrected chi connectivity index (χ0v) is 15.5. The molecule has 0 amide bonds. The van der Waals surface area contributed by atoms with Crippen molar-refractivity contribution in [2.45, 2.75) is 32.4 Å². The molecule has 0 unspecified atom stereocenters. The Hall–Kier alpha value is -2.33. The van der Waals surface area contributed by atoms with Crippen molar-refractivity contribution in [3.05, 3.63) is 69.6 Å². The largest absolute Gasteiger partial charge is 0.497 e. The summed E-state index contributed by atoms with van der Waals surface area (Å²) in [6, 6.07) is 12.0. The van der Waals surface area contributed by atoms with E-state index in [1.807, 2.05) is 29.7 Å². The summed E-state index contributed by atoms with van der Waals surface area (Å²) in [6.45, 7) is 5.89. The minimum Gasteiger partial charge on any atom is -0.497 e. The van der Waals surface area contributed by atoms with Crippen LogP contribution in [-0.2, 0) is 13.1 Å². The Morgan fingerprint density at radius 1 is 1.12 bits per heavy atom. The fraction of sp³-hybridized carbons (Fsp3) is 0.409. The summed E-state index contributed by atoms with van der Waals surface area (Å²) < 4.78 is 7.28. The van der Waals surface area contributed by atoms with Gasteiger partial charge in [0.1, 0.15) is 5.75 Å². The number of methoxy groups -OCH3 is 1. The summed E-state index contributed by atoms with van der Waals surface area (Å²) in [5, 5.41) is 0. The standard InChI is InChI=1S/C22H26N2O2/c1-3-4-18-7-10-21(25)24-14-17-11-19(22(18)24)15-23(13-17)12-16-5-8-20(26-2)9-6-16/h3-10,17,19H,11-15H2,1-2H3/b4-3+/t17-,19+/m0/s1. The van der Waals surface area contributed by atoms with Crippen molar-refractivity contribution >= 4 is 6.08 Å². The van der Waals surface area contributed by atoms with Gasteiger partial charge in [-0.3, -0.25) is 9.69 Å². The molecule has 1 aromatic carbocycles. The van der Waals surface area contributed by atoms with Crippen LogP contribution in [0.5, 0.6) is 5.75 Å². The van der Waals surface area contributed by atoms with Gasteiger partial charge in [-0.25, -0.2) is 0 Å². The molecule has 2 aromatic rings. The maximum absolute atomic E-state index is 12.4. The molecule has 0 N–H and O–H groups in total. The number of allylic oxidation sites excluding steroid dienone is 1. The van der Waals surface area contributed by atoms with E-state index in [9.17, 15) is 4.79 Å². The maximum Gasteiger partial charge on any atom is 0.250 e. The molecule has 4 heteroatoms. The molecule has 4 rings (SSSR count). The molecule has 2 aliphatic rings. The third kappa shape index (κ3) is 3.21. The number of ether oxygens (including phenoxy) is 1. The molecule has 0 saturated carbocycles. The lowest BCUT2D eigenvalue weighted by Crippen LogP contribution is -2.47. The van der Waals surface area contributed by atoms with Crippen molar-refractivity contribution in [2.24, 2.45) is 5.92 Å². The molecule has 136 valence electrons. The van der Waals surface area contributed by atoms with E-state index < -0.39 is 0 Å². The van der Waals surface area contributed by atoms with Crippen molar-refractivity contribution in [2.75, 3.05) is 20.2 Å². The summed E-state index contributed by atoms with van der Waals surface area (Å²) in [5.74, 6) is 1.88. The van der Waals surface area contributed by atoms with Crippen molar-refractivity contribution in [1.29, 1.82) is 0 Å². The Kier molecular flexibility index (Phi) is 4.68. The lowest BCUT2D eigenvalue weighted by atomic mass is 9.81. The second-order valence-corrected chi connectivity index (χ2v) is 7.46. The average Bonchev–Trinajstić information content (AvgIpc) is 2.65. The van der Waals surface area contributed by atoms with Gasteiger partial charge in [-0.15, -0.1) is 0 Å². The number of pyridine rings is 1. The lowest BCUT2D eigenvalue weighted by molar-refractivity contribution is 0.114. The second-order valence-electron chi connectivity index (χ2n) is 7.46. The van der Waals surface area contributed by atoms with Gasteiger partial charge < -0.3 is 9.30 Å². The summed E-state index contributed by atoms with van der Waals surface area (Å²) in [5.41, 5.74) is 3.88. The molecular formula is C22H26N2O2. The fourth-order valence-electron chi connectivity index (χ4n) is 4.59. The predicted molar refractivity (Wildman–Crippen MR) is 105 cm³/mol. The van der Waals surface area contributed by atoms with Gasteiger partial charge in [-0.1, -0.05) is 24.3 Å². The normalized spacial score (nSPS) is 22.4. The fourth-order valence-corrected chi connectivity index (χ4v) is 4.59. The first-order valence-corrected chi connectivity index (χ1v) is 9.39. The van der Waals surface area contributed by atoms with Gasteiger partial charge in [0.05, 0.1) is 7.11 Å². The first kappa shape index (κ1) is 17.1. The van der Waals surface area contributed by atoms with Crippen LogP contribution in [-0.4, -0.2) is 29.7 Å². The number of piperidine rings is 1. The summed E-state index contributed by atoms with van der Waals surface area (Å²) >= 11 is 0. The van der Waals surface area contributed by atoms with Crippen molar-refractivity contribution in [3.63, 3.8) is 0 Å². The van der Waals surface area contributed by atoms with E-state index >= 15 is 0 Å². The Morgan fingerprint density at radius 2 is 1.92 bits per heavy atom. The van der Waals surface area contributed by atoms with Gasteiger partial charge in [0.15, 0.2) is 0 Å². The number of aromatic nitrogens is 1. The maximum atomic E-state index is 12.4. The van der Waals surface area contributed by atoms with Crippen LogP contribution < -0.4 is 10.3 Å². The first-order chi connectivity index (χ1) is 12.7. The van der Waals surface area contributed by atoms with Gasteiger partial charge in [0, 0.05) is 43.9 Å². The summed E-state index contributed by atoms with van der Waals surface area (Å²) in [7, 11) is 1.70. The molecule has 1 aromatic heterocycles. The van der Waals surface area contributed by atoms with E-state index in [-0.39, 0.29) is 5.56 Å². The number of hydrogen-bond donors (Lipinski definition) is 0. The quantitative estimate of drug-likeness (QED) is 0.846. The molecule has 1 saturated heterocycles. The van der Waals surface area contributed by atoms with Crippen LogP contribution in [0.15, 0.2) is 47.3 Å².